The van der Waals surface area contributed by atoms with E-state index < -0.39 is 33.7 Å². The number of hydrogen-bond acceptors (Lipinski definition) is 8. The third-order valence-electron chi connectivity index (χ3n) is 4.67. The highest BCUT2D eigenvalue weighted by atomic mass is 32.2. The molecular weight excluding hydrogens is 418 g/mol. The maximum atomic E-state index is 12.0. The van der Waals surface area contributed by atoms with Gasteiger partial charge in [0.15, 0.2) is 5.60 Å². The summed E-state index contributed by atoms with van der Waals surface area (Å²) in [5, 5.41) is 22.8. The summed E-state index contributed by atoms with van der Waals surface area (Å²) in [7, 11) is -3.96. The Bertz CT molecular complexity index is 675. The number of aliphatic carboxylic acids is 1. The number of rotatable bonds is 16. The average Bonchev–Trinajstić information content (AvgIpc) is 2.63. The van der Waals surface area contributed by atoms with Gasteiger partial charge in [-0.05, 0) is 32.1 Å². The van der Waals surface area contributed by atoms with Crippen molar-refractivity contribution in [3.05, 3.63) is 0 Å². The van der Waals surface area contributed by atoms with Crippen molar-refractivity contribution in [1.29, 1.82) is 0 Å². The summed E-state index contributed by atoms with van der Waals surface area (Å²) in [6.07, 6.45) is 1.58. The Morgan fingerprint density at radius 1 is 1.10 bits per heavy atom. The van der Waals surface area contributed by atoms with E-state index in [4.69, 9.17) is 8.92 Å². The maximum absolute atomic E-state index is 12.0. The first-order valence-electron chi connectivity index (χ1n) is 10.0. The molecule has 11 heteroatoms. The van der Waals surface area contributed by atoms with Crippen molar-refractivity contribution < 1.29 is 41.9 Å². The zero-order valence-electron chi connectivity index (χ0n) is 18.2. The molecule has 10 nitrogen and oxygen atoms in total. The van der Waals surface area contributed by atoms with Crippen LogP contribution >= 0.6 is 0 Å². The molecule has 0 saturated heterocycles. The molecule has 0 aliphatic rings. The van der Waals surface area contributed by atoms with Crippen molar-refractivity contribution >= 4 is 28.0 Å². The standard InChI is InChI=1S/C19H35NO9S/c1-5-9-16(22)28-12-7-6-10-19(25,17(23)24)18(3,4)14-29-30(26,27)13-8-11-20-15(2)21/h25H,5-14H2,1-4H3,(H,20,21)(H,23,24)/t19-/m0/s1. The van der Waals surface area contributed by atoms with E-state index in [0.29, 0.717) is 19.3 Å². The van der Waals surface area contributed by atoms with Crippen LogP contribution < -0.4 is 5.32 Å². The van der Waals surface area contributed by atoms with E-state index in [9.17, 15) is 33.0 Å². The largest absolute Gasteiger partial charge is 0.479 e. The maximum Gasteiger partial charge on any atom is 0.336 e. The molecule has 0 aromatic carbocycles. The molecule has 0 spiro atoms. The molecular formula is C19H35NO9S. The lowest BCUT2D eigenvalue weighted by Gasteiger charge is -2.39. The number of carbonyl (C=O) groups excluding carboxylic acids is 2. The molecule has 0 aliphatic heterocycles. The minimum Gasteiger partial charge on any atom is -0.479 e. The smallest absolute Gasteiger partial charge is 0.336 e. The molecule has 0 radical (unpaired) electrons. The Labute approximate surface area is 178 Å². The van der Waals surface area contributed by atoms with Crippen molar-refractivity contribution in [2.45, 2.75) is 71.8 Å². The fraction of sp³-hybridized carbons (Fsp3) is 0.842. The second-order valence-corrected chi connectivity index (χ2v) is 9.60. The summed E-state index contributed by atoms with van der Waals surface area (Å²) in [6.45, 7) is 5.75. The van der Waals surface area contributed by atoms with Crippen LogP contribution in [-0.4, -0.2) is 67.6 Å². The van der Waals surface area contributed by atoms with Gasteiger partial charge in [-0.1, -0.05) is 20.8 Å². The van der Waals surface area contributed by atoms with Crippen LogP contribution in [0.25, 0.3) is 0 Å². The number of carboxylic acid groups (broad SMARTS) is 1. The van der Waals surface area contributed by atoms with Gasteiger partial charge in [0.25, 0.3) is 10.1 Å². The molecule has 0 bridgehead atoms. The van der Waals surface area contributed by atoms with Crippen molar-refractivity contribution in [2.75, 3.05) is 25.5 Å². The van der Waals surface area contributed by atoms with Crippen molar-refractivity contribution in [3.63, 3.8) is 0 Å². The number of ether oxygens (including phenoxy) is 1. The molecule has 176 valence electrons. The van der Waals surface area contributed by atoms with Crippen molar-refractivity contribution in [2.24, 2.45) is 5.41 Å². The van der Waals surface area contributed by atoms with Gasteiger partial charge >= 0.3 is 11.9 Å². The quantitative estimate of drug-likeness (QED) is 0.177. The lowest BCUT2D eigenvalue weighted by Crippen LogP contribution is -2.53. The molecule has 0 unspecified atom stereocenters. The van der Waals surface area contributed by atoms with Crippen LogP contribution in [0.1, 0.15) is 66.2 Å². The van der Waals surface area contributed by atoms with Gasteiger partial charge in [-0.2, -0.15) is 8.42 Å². The molecule has 0 saturated carbocycles. The highest BCUT2D eigenvalue weighted by molar-refractivity contribution is 7.86. The van der Waals surface area contributed by atoms with E-state index in [1.165, 1.54) is 20.8 Å². The summed E-state index contributed by atoms with van der Waals surface area (Å²) in [5.41, 5.74) is -3.64. The molecule has 0 fully saturated rings. The Morgan fingerprint density at radius 3 is 2.27 bits per heavy atom. The van der Waals surface area contributed by atoms with E-state index in [-0.39, 0.29) is 50.0 Å². The molecule has 0 aromatic heterocycles. The zero-order chi connectivity index (χ0) is 23.4. The van der Waals surface area contributed by atoms with Gasteiger partial charge in [0.05, 0.1) is 19.0 Å². The highest BCUT2D eigenvalue weighted by Crippen LogP contribution is 2.36. The SMILES string of the molecule is CCCC(=O)OCCCC[C@](O)(C(=O)O)C(C)(C)COS(=O)(=O)CCCNC(C)=O. The number of unbranched alkanes of at least 4 members (excludes halogenated alkanes) is 1. The van der Waals surface area contributed by atoms with Crippen molar-refractivity contribution in [3.8, 4) is 0 Å². The minimum atomic E-state index is -3.96. The van der Waals surface area contributed by atoms with Gasteiger partial charge in [-0.25, -0.2) is 4.79 Å². The zero-order valence-corrected chi connectivity index (χ0v) is 19.0. The first kappa shape index (κ1) is 28.3. The first-order chi connectivity index (χ1) is 13.8. The van der Waals surface area contributed by atoms with Crippen LogP contribution in [0.4, 0.5) is 0 Å². The molecule has 0 aromatic rings. The fourth-order valence-electron chi connectivity index (χ4n) is 2.61. The second-order valence-electron chi connectivity index (χ2n) is 7.84. The molecule has 3 N–H and O–H groups in total. The number of nitrogens with one attached hydrogen (secondary N) is 1. The van der Waals surface area contributed by atoms with Crippen LogP contribution in [0.15, 0.2) is 0 Å². The number of esters is 1. The second kappa shape index (κ2) is 12.9. The lowest BCUT2D eigenvalue weighted by molar-refractivity contribution is -0.177. The summed E-state index contributed by atoms with van der Waals surface area (Å²) in [6, 6.07) is 0. The molecule has 1 atom stereocenters. The van der Waals surface area contributed by atoms with Crippen LogP contribution in [0.2, 0.25) is 0 Å². The van der Waals surface area contributed by atoms with Gasteiger partial charge in [-0.15, -0.1) is 0 Å². The Kier molecular flexibility index (Phi) is 12.1. The van der Waals surface area contributed by atoms with Crippen molar-refractivity contribution in [1.82, 2.24) is 5.32 Å². The average molecular weight is 454 g/mol. The molecule has 30 heavy (non-hydrogen) atoms. The highest BCUT2D eigenvalue weighted by Gasteiger charge is 2.50. The summed E-state index contributed by atoms with van der Waals surface area (Å²) < 4.78 is 34.0. The van der Waals surface area contributed by atoms with E-state index in [1.807, 2.05) is 6.92 Å². The van der Waals surface area contributed by atoms with Crippen LogP contribution in [-0.2, 0) is 33.4 Å². The fourth-order valence-corrected chi connectivity index (χ4v) is 3.70. The van der Waals surface area contributed by atoms with E-state index in [1.54, 1.807) is 0 Å². The third-order valence-corrected chi connectivity index (χ3v) is 5.93. The van der Waals surface area contributed by atoms with Crippen LogP contribution in [0.5, 0.6) is 0 Å². The number of hydrogen-bond donors (Lipinski definition) is 3. The first-order valence-corrected chi connectivity index (χ1v) is 11.6. The predicted octanol–water partition coefficient (Wildman–Crippen LogP) is 1.21. The van der Waals surface area contributed by atoms with E-state index in [2.05, 4.69) is 5.32 Å². The topological polar surface area (TPSA) is 156 Å². The molecule has 0 aliphatic carbocycles. The summed E-state index contributed by atoms with van der Waals surface area (Å²) in [5.74, 6) is -2.44. The predicted molar refractivity (Wildman–Crippen MR) is 109 cm³/mol. The van der Waals surface area contributed by atoms with E-state index in [0.717, 1.165) is 0 Å². The van der Waals surface area contributed by atoms with Gasteiger partial charge < -0.3 is 20.3 Å². The molecule has 0 heterocycles. The summed E-state index contributed by atoms with van der Waals surface area (Å²) in [4.78, 5) is 33.9. The Morgan fingerprint density at radius 2 is 1.73 bits per heavy atom. The van der Waals surface area contributed by atoms with Crippen LogP contribution in [0, 0.1) is 5.41 Å². The normalized spacial score (nSPS) is 14.0. The van der Waals surface area contributed by atoms with Crippen LogP contribution in [0.3, 0.4) is 0 Å². The van der Waals surface area contributed by atoms with E-state index >= 15 is 0 Å². The van der Waals surface area contributed by atoms with Gasteiger partial charge in [0.1, 0.15) is 0 Å². The Balaban J connectivity index is 4.72. The minimum absolute atomic E-state index is 0.119. The monoisotopic (exact) mass is 453 g/mol. The molecule has 0 rings (SSSR count). The van der Waals surface area contributed by atoms with Gasteiger partial charge in [-0.3, -0.25) is 13.8 Å². The number of carbonyl (C=O) groups is 3. The summed E-state index contributed by atoms with van der Waals surface area (Å²) >= 11 is 0. The van der Waals surface area contributed by atoms with Gasteiger partial charge in [0.2, 0.25) is 5.91 Å². The molecule has 1 amide bonds. The number of amides is 1. The number of carboxylic acids is 1. The Hall–Kier alpha value is -1.72. The van der Waals surface area contributed by atoms with Gasteiger partial charge in [0, 0.05) is 25.3 Å². The third kappa shape index (κ3) is 10.4. The number of aliphatic hydroxyl groups is 1. The lowest BCUT2D eigenvalue weighted by atomic mass is 9.72.